The SMILES string of the molecule is O=C(O)[C@H](CCO[C@H]1C[C@H](CCc2ccc3c(n2)NCCC3)C1)NC(=O)C1(S(=O)(=O)c2ccccc2)CC1. The Hall–Kier alpha value is -2.98. The van der Waals surface area contributed by atoms with E-state index in [1.54, 1.807) is 18.2 Å². The number of aryl methyl sites for hydroxylation is 2. The molecule has 0 unspecified atom stereocenters. The summed E-state index contributed by atoms with van der Waals surface area (Å²) < 4.78 is 30.4. The lowest BCUT2D eigenvalue weighted by Crippen LogP contribution is -2.49. The highest BCUT2D eigenvalue weighted by atomic mass is 32.2. The Morgan fingerprint density at radius 1 is 1.16 bits per heavy atom. The molecule has 9 nitrogen and oxygen atoms in total. The molecule has 2 aliphatic carbocycles. The number of nitrogens with zero attached hydrogens (tertiary/aromatic N) is 1. The maximum atomic E-state index is 13.1. The second kappa shape index (κ2) is 11.0. The van der Waals surface area contributed by atoms with E-state index in [1.165, 1.54) is 17.7 Å². The lowest BCUT2D eigenvalue weighted by Gasteiger charge is -2.35. The standard InChI is InChI=1S/C28H35N3O6S/c32-26(33)24(31-27(34)28(13-14-28)38(35,36)23-6-2-1-3-7-23)12-16-37-22-17-19(18-22)8-10-21-11-9-20-5-4-15-29-25(20)30-21/h1-3,6-7,9,11,19,22,24H,4-5,8,10,12-18H2,(H,29,30)(H,31,34)(H,32,33)/t19-,22-,24-/m0/s1. The summed E-state index contributed by atoms with van der Waals surface area (Å²) in [6.07, 6.45) is 6.56. The van der Waals surface area contributed by atoms with Gasteiger partial charge in [0.25, 0.3) is 0 Å². The summed E-state index contributed by atoms with van der Waals surface area (Å²) in [5, 5.41) is 15.5. The van der Waals surface area contributed by atoms with Gasteiger partial charge in [0, 0.05) is 25.3 Å². The van der Waals surface area contributed by atoms with Gasteiger partial charge in [-0.05, 0) is 81.0 Å². The van der Waals surface area contributed by atoms with Crippen molar-refractivity contribution in [1.82, 2.24) is 10.3 Å². The molecule has 2 saturated carbocycles. The predicted octanol–water partition coefficient (Wildman–Crippen LogP) is 3.13. The van der Waals surface area contributed by atoms with E-state index in [1.807, 2.05) is 0 Å². The molecule has 0 saturated heterocycles. The highest BCUT2D eigenvalue weighted by Crippen LogP contribution is 2.47. The van der Waals surface area contributed by atoms with E-state index >= 15 is 0 Å². The topological polar surface area (TPSA) is 135 Å². The molecule has 2 aromatic rings. The number of hydrogen-bond donors (Lipinski definition) is 3. The Balaban J connectivity index is 1.05. The van der Waals surface area contributed by atoms with Crippen molar-refractivity contribution in [2.45, 2.75) is 79.6 Å². The van der Waals surface area contributed by atoms with Gasteiger partial charge in [-0.3, -0.25) is 4.79 Å². The Kier molecular flexibility index (Phi) is 7.72. The second-order valence-electron chi connectivity index (χ2n) is 10.7. The van der Waals surface area contributed by atoms with Gasteiger partial charge < -0.3 is 20.5 Å². The zero-order chi connectivity index (χ0) is 26.8. The van der Waals surface area contributed by atoms with Crippen molar-refractivity contribution < 1.29 is 27.9 Å². The van der Waals surface area contributed by atoms with Crippen LogP contribution in [0.4, 0.5) is 5.82 Å². The number of carboxylic acid groups (broad SMARTS) is 1. The third kappa shape index (κ3) is 5.56. The van der Waals surface area contributed by atoms with Crippen LogP contribution in [0.1, 0.15) is 56.2 Å². The molecule has 5 rings (SSSR count). The number of rotatable bonds is 12. The van der Waals surface area contributed by atoms with Gasteiger partial charge >= 0.3 is 5.97 Å². The summed E-state index contributed by atoms with van der Waals surface area (Å²) in [6.45, 7) is 1.16. The van der Waals surface area contributed by atoms with Crippen LogP contribution in [0.2, 0.25) is 0 Å². The van der Waals surface area contributed by atoms with Crippen LogP contribution in [0, 0.1) is 5.92 Å². The van der Waals surface area contributed by atoms with Gasteiger partial charge in [0.2, 0.25) is 5.91 Å². The zero-order valence-electron chi connectivity index (χ0n) is 21.4. The highest BCUT2D eigenvalue weighted by molar-refractivity contribution is 7.94. The van der Waals surface area contributed by atoms with Gasteiger partial charge in [-0.15, -0.1) is 0 Å². The van der Waals surface area contributed by atoms with Gasteiger partial charge in [0.05, 0.1) is 11.0 Å². The van der Waals surface area contributed by atoms with Crippen LogP contribution in [0.3, 0.4) is 0 Å². The van der Waals surface area contributed by atoms with Crippen LogP contribution in [0.5, 0.6) is 0 Å². The minimum Gasteiger partial charge on any atom is -0.480 e. The predicted molar refractivity (Wildman–Crippen MR) is 142 cm³/mol. The van der Waals surface area contributed by atoms with E-state index in [2.05, 4.69) is 22.8 Å². The quantitative estimate of drug-likeness (QED) is 0.373. The number of carbonyl (C=O) groups excluding carboxylic acids is 1. The largest absolute Gasteiger partial charge is 0.480 e. The van der Waals surface area contributed by atoms with Crippen molar-refractivity contribution in [2.24, 2.45) is 5.92 Å². The van der Waals surface area contributed by atoms with Crippen molar-refractivity contribution >= 4 is 27.5 Å². The van der Waals surface area contributed by atoms with Crippen LogP contribution < -0.4 is 10.6 Å². The number of carbonyl (C=O) groups is 2. The molecule has 0 spiro atoms. The number of pyridine rings is 1. The van der Waals surface area contributed by atoms with E-state index in [9.17, 15) is 23.1 Å². The summed E-state index contributed by atoms with van der Waals surface area (Å²) in [6, 6.07) is 10.9. The first kappa shape index (κ1) is 26.6. The molecule has 3 aliphatic rings. The number of benzene rings is 1. The summed E-state index contributed by atoms with van der Waals surface area (Å²) in [5.74, 6) is -0.371. The molecule has 1 aromatic heterocycles. The fourth-order valence-electron chi connectivity index (χ4n) is 5.36. The smallest absolute Gasteiger partial charge is 0.326 e. The van der Waals surface area contributed by atoms with Crippen molar-refractivity contribution in [3.63, 3.8) is 0 Å². The second-order valence-corrected chi connectivity index (χ2v) is 12.9. The number of aliphatic carboxylic acids is 1. The van der Waals surface area contributed by atoms with Crippen molar-refractivity contribution in [3.8, 4) is 0 Å². The number of anilines is 1. The van der Waals surface area contributed by atoms with E-state index in [-0.39, 0.29) is 36.9 Å². The molecule has 0 radical (unpaired) electrons. The fourth-order valence-corrected chi connectivity index (χ4v) is 7.27. The van der Waals surface area contributed by atoms with Crippen LogP contribution in [-0.2, 0) is 37.0 Å². The molecule has 1 atom stereocenters. The zero-order valence-corrected chi connectivity index (χ0v) is 22.2. The first-order valence-corrected chi connectivity index (χ1v) is 14.9. The first-order chi connectivity index (χ1) is 18.3. The highest BCUT2D eigenvalue weighted by Gasteiger charge is 2.61. The average molecular weight is 542 g/mol. The third-order valence-electron chi connectivity index (χ3n) is 8.00. The monoisotopic (exact) mass is 541 g/mol. The maximum absolute atomic E-state index is 13.1. The van der Waals surface area contributed by atoms with Crippen LogP contribution in [-0.4, -0.2) is 60.4 Å². The molecular formula is C28H35N3O6S. The number of aromatic nitrogens is 1. The summed E-state index contributed by atoms with van der Waals surface area (Å²) in [4.78, 5) is 29.6. The molecule has 204 valence electrons. The summed E-state index contributed by atoms with van der Waals surface area (Å²) in [7, 11) is -3.91. The minimum absolute atomic E-state index is 0.0708. The number of ether oxygens (including phenoxy) is 1. The fraction of sp³-hybridized carbons (Fsp3) is 0.536. The normalized spacial score (nSPS) is 22.3. The molecule has 1 aliphatic heterocycles. The minimum atomic E-state index is -3.91. The Morgan fingerprint density at radius 3 is 2.63 bits per heavy atom. The maximum Gasteiger partial charge on any atom is 0.326 e. The number of amides is 1. The molecule has 1 amide bonds. The van der Waals surface area contributed by atoms with Gasteiger partial charge in [-0.25, -0.2) is 18.2 Å². The molecule has 3 N–H and O–H groups in total. The number of carboxylic acids is 1. The summed E-state index contributed by atoms with van der Waals surface area (Å²) >= 11 is 0. The van der Waals surface area contributed by atoms with Crippen LogP contribution in [0.25, 0.3) is 0 Å². The van der Waals surface area contributed by atoms with Gasteiger partial charge in [-0.2, -0.15) is 0 Å². The molecule has 10 heteroatoms. The van der Waals surface area contributed by atoms with Crippen molar-refractivity contribution in [1.29, 1.82) is 0 Å². The molecular weight excluding hydrogens is 506 g/mol. The van der Waals surface area contributed by atoms with E-state index in [0.29, 0.717) is 5.92 Å². The first-order valence-electron chi connectivity index (χ1n) is 13.5. The Bertz CT molecular complexity index is 1270. The lowest BCUT2D eigenvalue weighted by molar-refractivity contribution is -0.142. The van der Waals surface area contributed by atoms with E-state index in [4.69, 9.17) is 9.72 Å². The molecule has 2 heterocycles. The summed E-state index contributed by atoms with van der Waals surface area (Å²) in [5.41, 5.74) is 2.39. The molecule has 2 fully saturated rings. The third-order valence-corrected chi connectivity index (χ3v) is 10.5. The molecule has 0 bridgehead atoms. The van der Waals surface area contributed by atoms with Crippen LogP contribution in [0.15, 0.2) is 47.4 Å². The number of nitrogens with one attached hydrogen (secondary N) is 2. The number of fused-ring (bicyclic) bond motifs is 1. The van der Waals surface area contributed by atoms with E-state index < -0.39 is 32.5 Å². The molecule has 1 aromatic carbocycles. The van der Waals surface area contributed by atoms with Crippen molar-refractivity contribution in [2.75, 3.05) is 18.5 Å². The van der Waals surface area contributed by atoms with E-state index in [0.717, 1.165) is 56.6 Å². The number of sulfone groups is 1. The Morgan fingerprint density at radius 2 is 1.92 bits per heavy atom. The van der Waals surface area contributed by atoms with Gasteiger partial charge in [0.15, 0.2) is 14.6 Å². The van der Waals surface area contributed by atoms with Gasteiger partial charge in [0.1, 0.15) is 11.9 Å². The van der Waals surface area contributed by atoms with Crippen LogP contribution >= 0.6 is 0 Å². The average Bonchev–Trinajstić information content (AvgIpc) is 3.72. The lowest BCUT2D eigenvalue weighted by atomic mass is 9.79. The van der Waals surface area contributed by atoms with Crippen molar-refractivity contribution in [3.05, 3.63) is 53.7 Å². The Labute approximate surface area is 223 Å². The van der Waals surface area contributed by atoms with Gasteiger partial charge in [-0.1, -0.05) is 24.3 Å². The molecule has 38 heavy (non-hydrogen) atoms. The number of hydrogen-bond acceptors (Lipinski definition) is 7.